The molecule has 2 aromatic carbocycles. The van der Waals surface area contributed by atoms with Crippen LogP contribution in [0.5, 0.6) is 5.75 Å². The fourth-order valence-corrected chi connectivity index (χ4v) is 5.47. The monoisotopic (exact) mass is 446 g/mol. The molecular formula is C30H42N2O. The first-order valence-corrected chi connectivity index (χ1v) is 12.7. The van der Waals surface area contributed by atoms with Gasteiger partial charge in [0.05, 0.1) is 6.04 Å². The predicted molar refractivity (Wildman–Crippen MR) is 141 cm³/mol. The zero-order valence-electron chi connectivity index (χ0n) is 21.9. The van der Waals surface area contributed by atoms with E-state index in [-0.39, 0.29) is 16.9 Å². The van der Waals surface area contributed by atoms with Gasteiger partial charge in [-0.15, -0.1) is 0 Å². The van der Waals surface area contributed by atoms with Gasteiger partial charge in [-0.1, -0.05) is 61.5 Å². The number of fused-ring (bicyclic) bond motifs is 3. The van der Waals surface area contributed by atoms with E-state index in [2.05, 4.69) is 95.6 Å². The molecule has 0 saturated heterocycles. The lowest BCUT2D eigenvalue weighted by Gasteiger charge is -2.38. The fourth-order valence-electron chi connectivity index (χ4n) is 5.47. The molecule has 1 unspecified atom stereocenters. The largest absolute Gasteiger partial charge is 0.507 e. The van der Waals surface area contributed by atoms with Gasteiger partial charge in [-0.2, -0.15) is 0 Å². The van der Waals surface area contributed by atoms with Crippen LogP contribution in [0.4, 0.5) is 0 Å². The Morgan fingerprint density at radius 3 is 2.15 bits per heavy atom. The smallest absolute Gasteiger partial charge is 0.123 e. The lowest BCUT2D eigenvalue weighted by molar-refractivity contribution is 0.211. The minimum absolute atomic E-state index is 0.135. The third kappa shape index (κ3) is 4.33. The fraction of sp³-hybridized carbons (Fsp3) is 0.533. The molecule has 0 fully saturated rings. The van der Waals surface area contributed by atoms with Crippen LogP contribution in [0.3, 0.4) is 0 Å². The van der Waals surface area contributed by atoms with E-state index in [1.54, 1.807) is 0 Å². The first kappa shape index (κ1) is 23.9. The number of aryl methyl sites for hydroxylation is 1. The van der Waals surface area contributed by atoms with E-state index in [4.69, 9.17) is 0 Å². The van der Waals surface area contributed by atoms with E-state index in [1.165, 1.54) is 33.3 Å². The van der Waals surface area contributed by atoms with Crippen molar-refractivity contribution in [3.8, 4) is 5.75 Å². The number of aromatic amines is 1. The lowest BCUT2D eigenvalue weighted by Crippen LogP contribution is -2.37. The van der Waals surface area contributed by atoms with Crippen molar-refractivity contribution in [1.82, 2.24) is 9.88 Å². The Balaban J connectivity index is 1.98. The quantitative estimate of drug-likeness (QED) is 0.438. The highest BCUT2D eigenvalue weighted by Gasteiger charge is 2.34. The number of phenols is 1. The van der Waals surface area contributed by atoms with Crippen molar-refractivity contribution >= 4 is 10.9 Å². The summed E-state index contributed by atoms with van der Waals surface area (Å²) in [6.45, 7) is 19.8. The molecule has 1 aromatic heterocycles. The molecule has 178 valence electrons. The number of benzene rings is 2. The van der Waals surface area contributed by atoms with Crippen molar-refractivity contribution in [2.75, 3.05) is 13.1 Å². The van der Waals surface area contributed by atoms with E-state index in [1.807, 2.05) is 0 Å². The Morgan fingerprint density at radius 1 is 0.970 bits per heavy atom. The van der Waals surface area contributed by atoms with Crippen LogP contribution in [0.25, 0.3) is 10.9 Å². The van der Waals surface area contributed by atoms with Gasteiger partial charge in [-0.3, -0.25) is 4.90 Å². The highest BCUT2D eigenvalue weighted by atomic mass is 16.3. The standard InChI is InChI=1S/C30H42N2O/c1-9-14-32-15-13-21-22-16-19(10-2)11-12-25(22)31-26(21)27(32)20-17-23(29(3,4)5)28(33)24(18-20)30(6,7)8/h11-12,16-18,27,31,33H,9-10,13-15H2,1-8H3. The molecule has 3 aromatic rings. The summed E-state index contributed by atoms with van der Waals surface area (Å²) in [4.78, 5) is 6.46. The summed E-state index contributed by atoms with van der Waals surface area (Å²) in [5.41, 5.74) is 8.55. The molecule has 1 atom stereocenters. The molecule has 1 aliphatic heterocycles. The average molecular weight is 447 g/mol. The maximum Gasteiger partial charge on any atom is 0.123 e. The number of hydrogen-bond acceptors (Lipinski definition) is 2. The minimum atomic E-state index is -0.135. The Hall–Kier alpha value is -2.26. The zero-order valence-corrected chi connectivity index (χ0v) is 21.9. The summed E-state index contributed by atoms with van der Waals surface area (Å²) in [5.74, 6) is 0.459. The Morgan fingerprint density at radius 2 is 1.61 bits per heavy atom. The number of phenolic OH excluding ortho intramolecular Hbond substituents is 1. The van der Waals surface area contributed by atoms with Crippen molar-refractivity contribution in [2.24, 2.45) is 0 Å². The summed E-state index contributed by atoms with van der Waals surface area (Å²) in [6, 6.07) is 11.6. The summed E-state index contributed by atoms with van der Waals surface area (Å²) in [5, 5.41) is 12.7. The molecule has 1 aliphatic rings. The van der Waals surface area contributed by atoms with Gasteiger partial charge in [0.25, 0.3) is 0 Å². The average Bonchev–Trinajstić information content (AvgIpc) is 3.10. The molecule has 0 saturated carbocycles. The molecule has 0 spiro atoms. The number of H-pyrrole nitrogens is 1. The normalized spacial score (nSPS) is 17.5. The number of aromatic nitrogens is 1. The highest BCUT2D eigenvalue weighted by molar-refractivity contribution is 5.86. The molecule has 0 bridgehead atoms. The number of hydrogen-bond donors (Lipinski definition) is 2. The van der Waals surface area contributed by atoms with Gasteiger partial charge in [0, 0.05) is 23.1 Å². The Kier molecular flexibility index (Phi) is 6.16. The molecular weight excluding hydrogens is 404 g/mol. The number of aromatic hydroxyl groups is 1. The predicted octanol–water partition coefficient (Wildman–Crippen LogP) is 7.39. The topological polar surface area (TPSA) is 39.3 Å². The van der Waals surface area contributed by atoms with E-state index in [0.29, 0.717) is 5.75 Å². The highest BCUT2D eigenvalue weighted by Crippen LogP contribution is 2.45. The van der Waals surface area contributed by atoms with E-state index in [0.717, 1.165) is 43.5 Å². The van der Waals surface area contributed by atoms with Gasteiger partial charge >= 0.3 is 0 Å². The van der Waals surface area contributed by atoms with Gasteiger partial charge < -0.3 is 10.1 Å². The molecule has 0 aliphatic carbocycles. The first-order chi connectivity index (χ1) is 15.5. The van der Waals surface area contributed by atoms with Crippen molar-refractivity contribution in [1.29, 1.82) is 0 Å². The summed E-state index contributed by atoms with van der Waals surface area (Å²) < 4.78 is 0. The van der Waals surface area contributed by atoms with Gasteiger partial charge in [-0.05, 0) is 88.7 Å². The Labute approximate surface area is 200 Å². The number of nitrogens with zero attached hydrogens (tertiary/aromatic N) is 1. The molecule has 3 nitrogen and oxygen atoms in total. The molecule has 2 heterocycles. The molecule has 33 heavy (non-hydrogen) atoms. The summed E-state index contributed by atoms with van der Waals surface area (Å²) in [6.07, 6.45) is 3.26. The molecule has 4 rings (SSSR count). The van der Waals surface area contributed by atoms with Crippen LogP contribution in [0, 0.1) is 0 Å². The number of nitrogens with one attached hydrogen (secondary N) is 1. The van der Waals surface area contributed by atoms with Crippen LogP contribution in [0.15, 0.2) is 30.3 Å². The van der Waals surface area contributed by atoms with Gasteiger partial charge in [0.2, 0.25) is 0 Å². The van der Waals surface area contributed by atoms with Gasteiger partial charge in [-0.25, -0.2) is 0 Å². The molecule has 0 radical (unpaired) electrons. The van der Waals surface area contributed by atoms with Crippen LogP contribution < -0.4 is 0 Å². The third-order valence-corrected chi connectivity index (χ3v) is 7.27. The molecule has 3 heteroatoms. The zero-order chi connectivity index (χ0) is 24.1. The van der Waals surface area contributed by atoms with Crippen molar-refractivity contribution in [3.63, 3.8) is 0 Å². The van der Waals surface area contributed by atoms with Crippen molar-refractivity contribution in [3.05, 3.63) is 63.8 Å². The lowest BCUT2D eigenvalue weighted by atomic mass is 9.77. The second kappa shape index (κ2) is 8.51. The van der Waals surface area contributed by atoms with Gasteiger partial charge in [0.15, 0.2) is 0 Å². The summed E-state index contributed by atoms with van der Waals surface area (Å²) >= 11 is 0. The summed E-state index contributed by atoms with van der Waals surface area (Å²) in [7, 11) is 0. The first-order valence-electron chi connectivity index (χ1n) is 12.7. The van der Waals surface area contributed by atoms with Crippen LogP contribution in [-0.4, -0.2) is 28.1 Å². The Bertz CT molecular complexity index is 1120. The second-order valence-corrected chi connectivity index (χ2v) is 11.9. The van der Waals surface area contributed by atoms with E-state index >= 15 is 0 Å². The van der Waals surface area contributed by atoms with Crippen molar-refractivity contribution < 1.29 is 5.11 Å². The van der Waals surface area contributed by atoms with Crippen LogP contribution in [0.2, 0.25) is 0 Å². The van der Waals surface area contributed by atoms with Crippen LogP contribution in [0.1, 0.15) is 101 Å². The minimum Gasteiger partial charge on any atom is -0.507 e. The van der Waals surface area contributed by atoms with Crippen molar-refractivity contribution in [2.45, 2.75) is 91.5 Å². The van der Waals surface area contributed by atoms with Crippen LogP contribution >= 0.6 is 0 Å². The third-order valence-electron chi connectivity index (χ3n) is 7.27. The molecule has 0 amide bonds. The van der Waals surface area contributed by atoms with Crippen LogP contribution in [-0.2, 0) is 23.7 Å². The maximum absolute atomic E-state index is 11.3. The van der Waals surface area contributed by atoms with E-state index < -0.39 is 0 Å². The second-order valence-electron chi connectivity index (χ2n) is 11.9. The van der Waals surface area contributed by atoms with E-state index in [9.17, 15) is 5.11 Å². The SMILES string of the molecule is CCCN1CCc2c([nH]c3ccc(CC)cc23)C1c1cc(C(C)(C)C)c(O)c(C(C)(C)C)c1. The van der Waals surface area contributed by atoms with Gasteiger partial charge in [0.1, 0.15) is 5.75 Å². The maximum atomic E-state index is 11.3. The number of rotatable bonds is 4. The molecule has 2 N–H and O–H groups in total.